The molecule has 1 rings (SSSR count). The zero-order valence-electron chi connectivity index (χ0n) is 17.1. The van der Waals surface area contributed by atoms with E-state index in [1.807, 2.05) is 33.0 Å². The van der Waals surface area contributed by atoms with Gasteiger partial charge in [-0.3, -0.25) is 4.99 Å². The molecule has 0 radical (unpaired) electrons. The number of thiophene rings is 1. The standard InChI is InChI=1S/C19H34N4O2S2/c1-6-10-11-16-22(5)19(20-7-2)21-15-14-17-12-13-18(26-17)27(24,25)23(8-3)9-4/h6,12-13H,1,7-11,14-16H2,2-5H3,(H,20,21). The number of sulfonamides is 1. The molecule has 0 spiro atoms. The Bertz CT molecular complexity index is 694. The summed E-state index contributed by atoms with van der Waals surface area (Å²) in [7, 11) is -1.34. The summed E-state index contributed by atoms with van der Waals surface area (Å²) < 4.78 is 27.1. The highest BCUT2D eigenvalue weighted by Gasteiger charge is 2.23. The molecule has 1 N–H and O–H groups in total. The Hall–Kier alpha value is -1.38. The van der Waals surface area contributed by atoms with Crippen molar-refractivity contribution in [2.75, 3.05) is 39.8 Å². The molecule has 1 heterocycles. The number of guanidine groups is 1. The largest absolute Gasteiger partial charge is 0.357 e. The van der Waals surface area contributed by atoms with Crippen LogP contribution in [0.4, 0.5) is 0 Å². The Morgan fingerprint density at radius 1 is 1.30 bits per heavy atom. The maximum Gasteiger partial charge on any atom is 0.252 e. The molecular formula is C19H34N4O2S2. The maximum atomic E-state index is 12.6. The summed E-state index contributed by atoms with van der Waals surface area (Å²) in [4.78, 5) is 7.84. The predicted molar refractivity (Wildman–Crippen MR) is 116 cm³/mol. The van der Waals surface area contributed by atoms with E-state index in [2.05, 4.69) is 28.7 Å². The first kappa shape index (κ1) is 23.7. The van der Waals surface area contributed by atoms with Crippen LogP contribution in [-0.4, -0.2) is 63.4 Å². The van der Waals surface area contributed by atoms with Crippen molar-refractivity contribution in [2.45, 2.75) is 44.2 Å². The fraction of sp³-hybridized carbons (Fsp3) is 0.632. The molecule has 27 heavy (non-hydrogen) atoms. The van der Waals surface area contributed by atoms with Crippen LogP contribution in [0.15, 0.2) is 34.0 Å². The summed E-state index contributed by atoms with van der Waals surface area (Å²) in [5.41, 5.74) is 0. The zero-order valence-corrected chi connectivity index (χ0v) is 18.7. The lowest BCUT2D eigenvalue weighted by atomic mass is 10.3. The zero-order chi connectivity index (χ0) is 20.3. The summed E-state index contributed by atoms with van der Waals surface area (Å²) in [6, 6.07) is 3.61. The van der Waals surface area contributed by atoms with Gasteiger partial charge in [0.05, 0.1) is 0 Å². The molecule has 154 valence electrons. The minimum atomic E-state index is -3.37. The number of hydrogen-bond donors (Lipinski definition) is 1. The highest BCUT2D eigenvalue weighted by atomic mass is 32.2. The Labute approximate surface area is 169 Å². The van der Waals surface area contributed by atoms with Gasteiger partial charge in [0.1, 0.15) is 4.21 Å². The SMILES string of the molecule is C=CCCCN(C)C(=NCCc1ccc(S(=O)(=O)N(CC)CC)s1)NCC. The second-order valence-electron chi connectivity index (χ2n) is 6.15. The summed E-state index contributed by atoms with van der Waals surface area (Å²) in [5, 5.41) is 3.31. The molecule has 0 aliphatic heterocycles. The summed E-state index contributed by atoms with van der Waals surface area (Å²) in [5.74, 6) is 0.883. The van der Waals surface area contributed by atoms with Gasteiger partial charge in [-0.1, -0.05) is 19.9 Å². The topological polar surface area (TPSA) is 65.0 Å². The van der Waals surface area contributed by atoms with Crippen molar-refractivity contribution >= 4 is 27.3 Å². The first-order valence-corrected chi connectivity index (χ1v) is 11.8. The molecule has 0 saturated carbocycles. The van der Waals surface area contributed by atoms with E-state index in [9.17, 15) is 8.42 Å². The van der Waals surface area contributed by atoms with Crippen molar-refractivity contribution in [3.63, 3.8) is 0 Å². The molecule has 6 nitrogen and oxygen atoms in total. The van der Waals surface area contributed by atoms with E-state index in [0.29, 0.717) is 23.8 Å². The van der Waals surface area contributed by atoms with Crippen LogP contribution >= 0.6 is 11.3 Å². The molecule has 1 aromatic rings. The lowest BCUT2D eigenvalue weighted by molar-refractivity contribution is 0.447. The fourth-order valence-electron chi connectivity index (χ4n) is 2.64. The van der Waals surface area contributed by atoms with Crippen LogP contribution in [-0.2, 0) is 16.4 Å². The molecule has 0 aromatic carbocycles. The Morgan fingerprint density at radius 2 is 2.00 bits per heavy atom. The van der Waals surface area contributed by atoms with Gasteiger partial charge in [-0.15, -0.1) is 17.9 Å². The van der Waals surface area contributed by atoms with E-state index >= 15 is 0 Å². The van der Waals surface area contributed by atoms with Crippen LogP contribution < -0.4 is 5.32 Å². The molecule has 0 amide bonds. The van der Waals surface area contributed by atoms with Crippen molar-refractivity contribution < 1.29 is 8.42 Å². The average Bonchev–Trinajstić information content (AvgIpc) is 3.11. The molecular weight excluding hydrogens is 380 g/mol. The number of aliphatic imine (C=N–C) groups is 1. The molecule has 0 saturated heterocycles. The van der Waals surface area contributed by atoms with E-state index in [4.69, 9.17) is 0 Å². The van der Waals surface area contributed by atoms with Crippen molar-refractivity contribution in [1.29, 1.82) is 0 Å². The van der Waals surface area contributed by atoms with Crippen LogP contribution in [0, 0.1) is 0 Å². The molecule has 8 heteroatoms. The quantitative estimate of drug-likeness (QED) is 0.247. The van der Waals surface area contributed by atoms with Crippen molar-refractivity contribution in [3.8, 4) is 0 Å². The van der Waals surface area contributed by atoms with E-state index in [-0.39, 0.29) is 0 Å². The third-order valence-electron chi connectivity index (χ3n) is 4.15. The third kappa shape index (κ3) is 7.27. The molecule has 0 unspecified atom stereocenters. The van der Waals surface area contributed by atoms with Crippen LogP contribution in [0.3, 0.4) is 0 Å². The normalized spacial score (nSPS) is 12.4. The number of allylic oxidation sites excluding steroid dienone is 1. The number of nitrogens with zero attached hydrogens (tertiary/aromatic N) is 3. The van der Waals surface area contributed by atoms with Crippen LogP contribution in [0.25, 0.3) is 0 Å². The van der Waals surface area contributed by atoms with Crippen LogP contribution in [0.5, 0.6) is 0 Å². The third-order valence-corrected chi connectivity index (χ3v) is 7.82. The van der Waals surface area contributed by atoms with Gasteiger partial charge < -0.3 is 10.2 Å². The summed E-state index contributed by atoms with van der Waals surface area (Å²) in [6.45, 7) is 12.9. The lowest BCUT2D eigenvalue weighted by Crippen LogP contribution is -2.39. The van der Waals surface area contributed by atoms with Gasteiger partial charge in [0.2, 0.25) is 0 Å². The van der Waals surface area contributed by atoms with E-state index < -0.39 is 10.0 Å². The second kappa shape index (κ2) is 12.2. The molecule has 0 fully saturated rings. The minimum Gasteiger partial charge on any atom is -0.357 e. The first-order chi connectivity index (χ1) is 12.9. The van der Waals surface area contributed by atoms with Crippen molar-refractivity contribution in [1.82, 2.24) is 14.5 Å². The van der Waals surface area contributed by atoms with Gasteiger partial charge in [0.25, 0.3) is 10.0 Å². The number of hydrogen-bond acceptors (Lipinski definition) is 4. The van der Waals surface area contributed by atoms with Gasteiger partial charge in [-0.05, 0) is 31.9 Å². The van der Waals surface area contributed by atoms with Gasteiger partial charge in [-0.25, -0.2) is 8.42 Å². The minimum absolute atomic E-state index is 0.415. The number of nitrogens with one attached hydrogen (secondary N) is 1. The van der Waals surface area contributed by atoms with E-state index in [0.717, 1.165) is 43.2 Å². The monoisotopic (exact) mass is 414 g/mol. The fourth-order valence-corrected chi connectivity index (χ4v) is 5.60. The second-order valence-corrected chi connectivity index (χ2v) is 9.48. The highest BCUT2D eigenvalue weighted by Crippen LogP contribution is 2.25. The Kier molecular flexibility index (Phi) is 10.6. The van der Waals surface area contributed by atoms with E-state index in [1.165, 1.54) is 15.6 Å². The smallest absolute Gasteiger partial charge is 0.252 e. The van der Waals surface area contributed by atoms with Crippen molar-refractivity contribution in [3.05, 3.63) is 29.7 Å². The van der Waals surface area contributed by atoms with Crippen LogP contribution in [0.2, 0.25) is 0 Å². The molecule has 0 aliphatic rings. The number of unbranched alkanes of at least 4 members (excludes halogenated alkanes) is 1. The van der Waals surface area contributed by atoms with Gasteiger partial charge in [-0.2, -0.15) is 4.31 Å². The molecule has 0 bridgehead atoms. The average molecular weight is 415 g/mol. The highest BCUT2D eigenvalue weighted by molar-refractivity contribution is 7.91. The van der Waals surface area contributed by atoms with Gasteiger partial charge in [0.15, 0.2) is 5.96 Å². The Balaban J connectivity index is 2.72. The van der Waals surface area contributed by atoms with Gasteiger partial charge in [0, 0.05) is 51.1 Å². The van der Waals surface area contributed by atoms with Gasteiger partial charge >= 0.3 is 0 Å². The first-order valence-electron chi connectivity index (χ1n) is 9.59. The van der Waals surface area contributed by atoms with Crippen LogP contribution in [0.1, 0.15) is 38.5 Å². The molecule has 1 aromatic heterocycles. The van der Waals surface area contributed by atoms with Crippen molar-refractivity contribution in [2.24, 2.45) is 4.99 Å². The summed E-state index contributed by atoms with van der Waals surface area (Å²) >= 11 is 1.35. The van der Waals surface area contributed by atoms with E-state index in [1.54, 1.807) is 6.07 Å². The summed E-state index contributed by atoms with van der Waals surface area (Å²) in [6.07, 6.45) is 4.69. The molecule has 0 aliphatic carbocycles. The lowest BCUT2D eigenvalue weighted by Gasteiger charge is -2.21. The maximum absolute atomic E-state index is 12.6. The number of rotatable bonds is 12. The predicted octanol–water partition coefficient (Wildman–Crippen LogP) is 3.18. The molecule has 0 atom stereocenters. The Morgan fingerprint density at radius 3 is 2.59 bits per heavy atom.